The van der Waals surface area contributed by atoms with Gasteiger partial charge in [-0.05, 0) is 0 Å². The van der Waals surface area contributed by atoms with Crippen molar-refractivity contribution in [2.75, 3.05) is 32.7 Å². The summed E-state index contributed by atoms with van der Waals surface area (Å²) in [6.45, 7) is 0.0391. The number of imidazole rings is 1. The number of methoxy groups -OCH3 is 1. The lowest BCUT2D eigenvalue weighted by Crippen LogP contribution is -2.38. The molecule has 3 heterocycles. The Morgan fingerprint density at radius 1 is 1.62 bits per heavy atom. The number of fused-ring (bicyclic) bond motifs is 1. The van der Waals surface area contributed by atoms with Crippen LogP contribution in [0.2, 0.25) is 0 Å². The fourth-order valence-electron chi connectivity index (χ4n) is 2.68. The van der Waals surface area contributed by atoms with E-state index in [4.69, 9.17) is 9.47 Å². The van der Waals surface area contributed by atoms with Gasteiger partial charge in [-0.1, -0.05) is 0 Å². The summed E-state index contributed by atoms with van der Waals surface area (Å²) < 4.78 is 12.5. The number of hydrogen-bond donors (Lipinski definition) is 3. The van der Waals surface area contributed by atoms with Crippen molar-refractivity contribution in [1.29, 1.82) is 0 Å². The number of ether oxygens (including phenoxy) is 2. The third-order valence-corrected chi connectivity index (χ3v) is 3.87. The molecule has 1 aromatic heterocycles. The number of carbonyl (C=O) groups is 1. The normalized spacial score (nSPS) is 32.2. The zero-order chi connectivity index (χ0) is 15.1. The molecule has 0 bridgehead atoms. The first-order chi connectivity index (χ1) is 10.1. The van der Waals surface area contributed by atoms with E-state index in [1.165, 1.54) is 18.3 Å². The molecule has 0 saturated carbocycles. The summed E-state index contributed by atoms with van der Waals surface area (Å²) >= 11 is 0. The van der Waals surface area contributed by atoms with Gasteiger partial charge in [0.05, 0.1) is 19.6 Å². The second kappa shape index (κ2) is 5.26. The Bertz CT molecular complexity index is 548. The minimum Gasteiger partial charge on any atom is -0.394 e. The van der Waals surface area contributed by atoms with Crippen LogP contribution in [0.3, 0.4) is 0 Å². The van der Waals surface area contributed by atoms with Gasteiger partial charge in [0.15, 0.2) is 11.9 Å². The summed E-state index contributed by atoms with van der Waals surface area (Å²) in [5, 5.41) is 22.4. The van der Waals surface area contributed by atoms with Crippen LogP contribution in [0.25, 0.3) is 0 Å². The Labute approximate surface area is 121 Å². The van der Waals surface area contributed by atoms with E-state index in [0.29, 0.717) is 18.2 Å². The lowest BCUT2D eigenvalue weighted by Gasteiger charge is -2.27. The van der Waals surface area contributed by atoms with Crippen molar-refractivity contribution in [2.45, 2.75) is 24.5 Å². The average molecular weight is 298 g/mol. The van der Waals surface area contributed by atoms with E-state index in [1.54, 1.807) is 11.6 Å². The number of rotatable bonds is 3. The summed E-state index contributed by atoms with van der Waals surface area (Å²) in [5.41, 5.74) is 0.296. The number of nitrogens with zero attached hydrogens (tertiary/aromatic N) is 3. The third-order valence-electron chi connectivity index (χ3n) is 3.87. The van der Waals surface area contributed by atoms with Crippen LogP contribution in [0.5, 0.6) is 0 Å². The molecule has 0 spiro atoms. The van der Waals surface area contributed by atoms with Gasteiger partial charge >= 0.3 is 0 Å². The number of aromatic nitrogens is 2. The molecule has 9 nitrogen and oxygen atoms in total. The topological polar surface area (TPSA) is 109 Å². The monoisotopic (exact) mass is 298 g/mol. The van der Waals surface area contributed by atoms with Gasteiger partial charge in [-0.15, -0.1) is 0 Å². The number of aliphatic hydroxyl groups is 2. The van der Waals surface area contributed by atoms with E-state index in [2.05, 4.69) is 10.3 Å². The molecule has 0 aliphatic carbocycles. The fourth-order valence-corrected chi connectivity index (χ4v) is 2.68. The van der Waals surface area contributed by atoms with Crippen molar-refractivity contribution >= 4 is 11.7 Å². The van der Waals surface area contributed by atoms with Crippen molar-refractivity contribution < 1.29 is 24.5 Å². The van der Waals surface area contributed by atoms with Crippen LogP contribution in [-0.2, 0) is 9.47 Å². The summed E-state index contributed by atoms with van der Waals surface area (Å²) in [7, 11) is 3.13. The first kappa shape index (κ1) is 14.3. The summed E-state index contributed by atoms with van der Waals surface area (Å²) in [5.74, 6) is 0.338. The molecule has 1 fully saturated rings. The number of anilines is 1. The van der Waals surface area contributed by atoms with E-state index < -0.39 is 24.5 Å². The van der Waals surface area contributed by atoms with Crippen molar-refractivity contribution in [2.24, 2.45) is 0 Å². The maximum absolute atomic E-state index is 12.0. The maximum Gasteiger partial charge on any atom is 0.277 e. The number of hydrogen-bond acceptors (Lipinski definition) is 7. The Morgan fingerprint density at radius 3 is 3.05 bits per heavy atom. The largest absolute Gasteiger partial charge is 0.394 e. The Kier molecular flexibility index (Phi) is 3.57. The van der Waals surface area contributed by atoms with Gasteiger partial charge in [0.2, 0.25) is 0 Å². The van der Waals surface area contributed by atoms with Crippen LogP contribution in [0.4, 0.5) is 5.82 Å². The second-order valence-electron chi connectivity index (χ2n) is 5.13. The van der Waals surface area contributed by atoms with Gasteiger partial charge in [0.25, 0.3) is 5.91 Å². The SMILES string of the molecule is CO[C@@H]1[C@H](O)[C@@H](CO)O[C@H]1n1cnc2c1NCN(C)C2=O. The molecule has 3 rings (SSSR count). The van der Waals surface area contributed by atoms with Crippen molar-refractivity contribution in [3.63, 3.8) is 0 Å². The standard InChI is InChI=1S/C12H18N4O5/c1-15-4-14-10-7(11(15)19)13-5-16(10)12-9(20-2)8(18)6(3-17)21-12/h5-6,8-9,12,14,17-18H,3-4H2,1-2H3/t6-,8-,9-,12-/m1/s1. The number of aliphatic hydroxyl groups excluding tert-OH is 2. The van der Waals surface area contributed by atoms with E-state index in [9.17, 15) is 15.0 Å². The smallest absolute Gasteiger partial charge is 0.277 e. The molecule has 116 valence electrons. The zero-order valence-corrected chi connectivity index (χ0v) is 11.8. The van der Waals surface area contributed by atoms with Gasteiger partial charge in [0.1, 0.15) is 24.1 Å². The molecule has 21 heavy (non-hydrogen) atoms. The first-order valence-corrected chi connectivity index (χ1v) is 6.61. The Balaban J connectivity index is 1.95. The van der Waals surface area contributed by atoms with Crippen LogP contribution < -0.4 is 5.32 Å². The average Bonchev–Trinajstić information content (AvgIpc) is 3.03. The molecule has 1 aromatic rings. The highest BCUT2D eigenvalue weighted by atomic mass is 16.6. The molecule has 2 aliphatic rings. The van der Waals surface area contributed by atoms with Gasteiger partial charge in [0, 0.05) is 14.2 Å². The predicted molar refractivity (Wildman–Crippen MR) is 70.6 cm³/mol. The van der Waals surface area contributed by atoms with Gasteiger partial charge < -0.3 is 29.9 Å². The molecule has 2 aliphatic heterocycles. The molecular formula is C12H18N4O5. The van der Waals surface area contributed by atoms with Crippen molar-refractivity contribution in [1.82, 2.24) is 14.5 Å². The predicted octanol–water partition coefficient (Wildman–Crippen LogP) is -1.40. The van der Waals surface area contributed by atoms with E-state index in [0.717, 1.165) is 0 Å². The second-order valence-corrected chi connectivity index (χ2v) is 5.13. The van der Waals surface area contributed by atoms with E-state index >= 15 is 0 Å². The number of carbonyl (C=O) groups excluding carboxylic acids is 1. The molecule has 4 atom stereocenters. The molecule has 0 aromatic carbocycles. The van der Waals surface area contributed by atoms with Crippen molar-refractivity contribution in [3.05, 3.63) is 12.0 Å². The maximum atomic E-state index is 12.0. The summed E-state index contributed by atoms with van der Waals surface area (Å²) in [6, 6.07) is 0. The Hall–Kier alpha value is -1.68. The third kappa shape index (κ3) is 2.09. The van der Waals surface area contributed by atoms with Crippen LogP contribution in [0, 0.1) is 0 Å². The van der Waals surface area contributed by atoms with Crippen LogP contribution in [-0.4, -0.2) is 76.3 Å². The molecule has 1 saturated heterocycles. The van der Waals surface area contributed by atoms with Crippen LogP contribution in [0.1, 0.15) is 16.7 Å². The first-order valence-electron chi connectivity index (χ1n) is 6.61. The van der Waals surface area contributed by atoms with Gasteiger partial charge in [-0.2, -0.15) is 0 Å². The van der Waals surface area contributed by atoms with Crippen LogP contribution in [0.15, 0.2) is 6.33 Å². The lowest BCUT2D eigenvalue weighted by atomic mass is 10.1. The molecule has 9 heteroatoms. The molecule has 3 N–H and O–H groups in total. The molecule has 1 amide bonds. The van der Waals surface area contributed by atoms with Crippen LogP contribution >= 0.6 is 0 Å². The zero-order valence-electron chi connectivity index (χ0n) is 11.8. The molecular weight excluding hydrogens is 280 g/mol. The fraction of sp³-hybridized carbons (Fsp3) is 0.667. The highest BCUT2D eigenvalue weighted by molar-refractivity contribution is 5.98. The minimum absolute atomic E-state index is 0.186. The highest BCUT2D eigenvalue weighted by Gasteiger charge is 2.46. The van der Waals surface area contributed by atoms with E-state index in [-0.39, 0.29) is 12.5 Å². The molecule has 0 radical (unpaired) electrons. The summed E-state index contributed by atoms with van der Waals surface area (Å²) in [6.07, 6.45) is -1.54. The number of nitrogens with one attached hydrogen (secondary N) is 1. The van der Waals surface area contributed by atoms with Crippen molar-refractivity contribution in [3.8, 4) is 0 Å². The van der Waals surface area contributed by atoms with E-state index in [1.807, 2.05) is 0 Å². The van der Waals surface area contributed by atoms with Gasteiger partial charge in [-0.25, -0.2) is 4.98 Å². The summed E-state index contributed by atoms with van der Waals surface area (Å²) in [4.78, 5) is 17.6. The van der Waals surface area contributed by atoms with Gasteiger partial charge in [-0.3, -0.25) is 9.36 Å². The highest BCUT2D eigenvalue weighted by Crippen LogP contribution is 2.35. The lowest BCUT2D eigenvalue weighted by molar-refractivity contribution is -0.0592. The minimum atomic E-state index is -0.954. The Morgan fingerprint density at radius 2 is 2.38 bits per heavy atom. The molecule has 0 unspecified atom stereocenters. The number of amides is 1. The quantitative estimate of drug-likeness (QED) is 0.630.